The van der Waals surface area contributed by atoms with Gasteiger partial charge < -0.3 is 5.32 Å². The van der Waals surface area contributed by atoms with Crippen molar-refractivity contribution in [3.63, 3.8) is 0 Å². The number of hydrogen-bond donors (Lipinski definition) is 2. The monoisotopic (exact) mass is 131 g/mol. The van der Waals surface area contributed by atoms with Gasteiger partial charge in [-0.05, 0) is 12.8 Å². The highest BCUT2D eigenvalue weighted by molar-refractivity contribution is 7.81. The molecule has 0 bridgehead atoms. The van der Waals surface area contributed by atoms with E-state index in [0.717, 1.165) is 12.6 Å². The summed E-state index contributed by atoms with van der Waals surface area (Å²) in [6.45, 7) is 3.31. The summed E-state index contributed by atoms with van der Waals surface area (Å²) in [5, 5.41) is 3.99. The number of thiol groups is 1. The fraction of sp³-hybridized carbons (Fsp3) is 1.00. The number of hydrogen-bond acceptors (Lipinski definition) is 2. The van der Waals surface area contributed by atoms with Crippen LogP contribution in [0.1, 0.15) is 19.8 Å². The largest absolute Gasteiger partial charge is 0.313 e. The molecule has 1 aliphatic heterocycles. The molecule has 1 rings (SSSR count). The van der Waals surface area contributed by atoms with Gasteiger partial charge in [0.25, 0.3) is 0 Å². The van der Waals surface area contributed by atoms with E-state index < -0.39 is 0 Å². The second-order valence-corrected chi connectivity index (χ2v) is 3.13. The van der Waals surface area contributed by atoms with E-state index in [4.69, 9.17) is 0 Å². The van der Waals surface area contributed by atoms with Crippen molar-refractivity contribution < 1.29 is 0 Å². The standard InChI is InChI=1S/C6H13NS/c1-2-5-3-6(8)4-7-5/h5-8H,2-4H2,1H3/t5-,6?/m1/s1. The lowest BCUT2D eigenvalue weighted by Gasteiger charge is -2.02. The Bertz CT molecular complexity index is 74.9. The lowest BCUT2D eigenvalue weighted by atomic mass is 10.2. The molecular formula is C6H13NS. The maximum atomic E-state index is 4.34. The molecule has 2 heteroatoms. The molecule has 0 amide bonds. The Morgan fingerprint density at radius 1 is 1.75 bits per heavy atom. The molecule has 1 nitrogen and oxygen atoms in total. The van der Waals surface area contributed by atoms with Gasteiger partial charge in [0.05, 0.1) is 0 Å². The zero-order valence-corrected chi connectivity index (χ0v) is 6.12. The van der Waals surface area contributed by atoms with E-state index in [1.165, 1.54) is 12.8 Å². The third-order valence-corrected chi connectivity index (χ3v) is 2.08. The van der Waals surface area contributed by atoms with E-state index in [1.807, 2.05) is 0 Å². The molecule has 1 fully saturated rings. The molecular weight excluding hydrogens is 118 g/mol. The van der Waals surface area contributed by atoms with E-state index >= 15 is 0 Å². The lowest BCUT2D eigenvalue weighted by molar-refractivity contribution is 0.588. The summed E-state index contributed by atoms with van der Waals surface area (Å²) in [5.74, 6) is 0. The van der Waals surface area contributed by atoms with Crippen LogP contribution in [0.15, 0.2) is 0 Å². The summed E-state index contributed by atoms with van der Waals surface area (Å²) in [6.07, 6.45) is 2.50. The molecule has 0 aliphatic carbocycles. The quantitative estimate of drug-likeness (QED) is 0.507. The van der Waals surface area contributed by atoms with Gasteiger partial charge in [0.2, 0.25) is 0 Å². The molecule has 1 N–H and O–H groups in total. The molecule has 8 heavy (non-hydrogen) atoms. The van der Waals surface area contributed by atoms with Gasteiger partial charge in [-0.2, -0.15) is 12.6 Å². The van der Waals surface area contributed by atoms with E-state index in [0.29, 0.717) is 5.25 Å². The summed E-state index contributed by atoms with van der Waals surface area (Å²) in [5.41, 5.74) is 0. The van der Waals surface area contributed by atoms with Gasteiger partial charge in [-0.3, -0.25) is 0 Å². The summed E-state index contributed by atoms with van der Waals surface area (Å²) in [4.78, 5) is 0. The minimum absolute atomic E-state index is 0.611. The molecule has 0 aromatic rings. The first-order valence-electron chi connectivity index (χ1n) is 3.24. The summed E-state index contributed by atoms with van der Waals surface area (Å²) in [7, 11) is 0. The lowest BCUT2D eigenvalue weighted by Crippen LogP contribution is -2.19. The van der Waals surface area contributed by atoms with Gasteiger partial charge in [-0.15, -0.1) is 0 Å². The average Bonchev–Trinajstić information content (AvgIpc) is 2.14. The van der Waals surface area contributed by atoms with Crippen LogP contribution < -0.4 is 5.32 Å². The summed E-state index contributed by atoms with van der Waals surface area (Å²) in [6, 6.07) is 0.748. The maximum Gasteiger partial charge on any atom is 0.0157 e. The Labute approximate surface area is 56.3 Å². The average molecular weight is 131 g/mol. The van der Waals surface area contributed by atoms with Crippen molar-refractivity contribution in [2.24, 2.45) is 0 Å². The first-order chi connectivity index (χ1) is 3.83. The topological polar surface area (TPSA) is 12.0 Å². The van der Waals surface area contributed by atoms with Crippen LogP contribution in [0.4, 0.5) is 0 Å². The SMILES string of the molecule is CC[C@@H]1CC(S)CN1. The van der Waals surface area contributed by atoms with Crippen molar-refractivity contribution in [3.8, 4) is 0 Å². The maximum absolute atomic E-state index is 4.34. The van der Waals surface area contributed by atoms with Crippen LogP contribution in [0.2, 0.25) is 0 Å². The van der Waals surface area contributed by atoms with Crippen molar-refractivity contribution in [2.75, 3.05) is 6.54 Å². The van der Waals surface area contributed by atoms with Crippen LogP contribution in [-0.2, 0) is 0 Å². The zero-order valence-electron chi connectivity index (χ0n) is 5.22. The number of rotatable bonds is 1. The van der Waals surface area contributed by atoms with Crippen LogP contribution in [0.3, 0.4) is 0 Å². The molecule has 1 heterocycles. The summed E-state index contributed by atoms with van der Waals surface area (Å²) >= 11 is 4.34. The molecule has 0 saturated carbocycles. The Morgan fingerprint density at radius 2 is 2.50 bits per heavy atom. The second-order valence-electron chi connectivity index (χ2n) is 2.40. The van der Waals surface area contributed by atoms with Crippen molar-refractivity contribution >= 4 is 12.6 Å². The molecule has 0 spiro atoms. The molecule has 0 aromatic heterocycles. The van der Waals surface area contributed by atoms with Crippen molar-refractivity contribution in [3.05, 3.63) is 0 Å². The molecule has 1 aliphatic rings. The molecule has 2 atom stereocenters. The Balaban J connectivity index is 2.22. The Kier molecular flexibility index (Phi) is 2.20. The van der Waals surface area contributed by atoms with Crippen molar-refractivity contribution in [2.45, 2.75) is 31.1 Å². The third-order valence-electron chi connectivity index (χ3n) is 1.69. The van der Waals surface area contributed by atoms with E-state index in [1.54, 1.807) is 0 Å². The summed E-state index contributed by atoms with van der Waals surface area (Å²) < 4.78 is 0. The van der Waals surface area contributed by atoms with Crippen LogP contribution in [0.5, 0.6) is 0 Å². The van der Waals surface area contributed by atoms with E-state index in [9.17, 15) is 0 Å². The van der Waals surface area contributed by atoms with Gasteiger partial charge in [0.15, 0.2) is 0 Å². The molecule has 0 radical (unpaired) electrons. The Hall–Kier alpha value is 0.310. The van der Waals surface area contributed by atoms with Crippen LogP contribution in [0, 0.1) is 0 Å². The highest BCUT2D eigenvalue weighted by Crippen LogP contribution is 2.13. The van der Waals surface area contributed by atoms with Gasteiger partial charge in [-0.25, -0.2) is 0 Å². The number of nitrogens with one attached hydrogen (secondary N) is 1. The predicted molar refractivity (Wildman–Crippen MR) is 39.5 cm³/mol. The minimum Gasteiger partial charge on any atom is -0.313 e. The first kappa shape index (κ1) is 6.43. The van der Waals surface area contributed by atoms with Gasteiger partial charge in [0.1, 0.15) is 0 Å². The smallest absolute Gasteiger partial charge is 0.0157 e. The third kappa shape index (κ3) is 1.39. The molecule has 48 valence electrons. The molecule has 0 aromatic carbocycles. The molecule has 1 unspecified atom stereocenters. The van der Waals surface area contributed by atoms with Gasteiger partial charge >= 0.3 is 0 Å². The normalized spacial score (nSPS) is 38.2. The van der Waals surface area contributed by atoms with Crippen LogP contribution in [-0.4, -0.2) is 17.8 Å². The fourth-order valence-electron chi connectivity index (χ4n) is 1.11. The molecule has 1 saturated heterocycles. The van der Waals surface area contributed by atoms with Crippen LogP contribution >= 0.6 is 12.6 Å². The highest BCUT2D eigenvalue weighted by atomic mass is 32.1. The highest BCUT2D eigenvalue weighted by Gasteiger charge is 2.18. The minimum atomic E-state index is 0.611. The van der Waals surface area contributed by atoms with Gasteiger partial charge in [0, 0.05) is 17.8 Å². The van der Waals surface area contributed by atoms with Gasteiger partial charge in [-0.1, -0.05) is 6.92 Å². The Morgan fingerprint density at radius 3 is 2.75 bits per heavy atom. The second kappa shape index (κ2) is 2.74. The van der Waals surface area contributed by atoms with E-state index in [2.05, 4.69) is 24.9 Å². The fourth-order valence-corrected chi connectivity index (χ4v) is 1.47. The zero-order chi connectivity index (χ0) is 5.98. The van der Waals surface area contributed by atoms with Crippen LogP contribution in [0.25, 0.3) is 0 Å². The van der Waals surface area contributed by atoms with E-state index in [-0.39, 0.29) is 0 Å². The van der Waals surface area contributed by atoms with Crippen molar-refractivity contribution in [1.82, 2.24) is 5.32 Å². The first-order valence-corrected chi connectivity index (χ1v) is 3.76. The van der Waals surface area contributed by atoms with Crippen molar-refractivity contribution in [1.29, 1.82) is 0 Å². The predicted octanol–water partition coefficient (Wildman–Crippen LogP) is 1.06.